The number of hydrazine groups is 1. The summed E-state index contributed by atoms with van der Waals surface area (Å²) in [6.07, 6.45) is 0. The van der Waals surface area contributed by atoms with Gasteiger partial charge in [-0.15, -0.1) is 10.2 Å². The van der Waals surface area contributed by atoms with E-state index in [4.69, 9.17) is 5.84 Å². The van der Waals surface area contributed by atoms with Crippen LogP contribution in [0.25, 0.3) is 11.0 Å². The fourth-order valence-electron chi connectivity index (χ4n) is 1.44. The average molecular weight is 222 g/mol. The Morgan fingerprint density at radius 3 is 2.56 bits per heavy atom. The molecule has 2 heterocycles. The van der Waals surface area contributed by atoms with Crippen LogP contribution in [0, 0.1) is 0 Å². The lowest BCUT2D eigenvalue weighted by Gasteiger charge is -2.06. The van der Waals surface area contributed by atoms with Crippen molar-refractivity contribution in [3.05, 3.63) is 26.9 Å². The van der Waals surface area contributed by atoms with E-state index in [1.165, 1.54) is 24.7 Å². The van der Waals surface area contributed by atoms with Gasteiger partial charge in [0.25, 0.3) is 5.56 Å². The van der Waals surface area contributed by atoms with Gasteiger partial charge < -0.3 is 5.43 Å². The first kappa shape index (κ1) is 10.3. The molecule has 0 unspecified atom stereocenters. The highest BCUT2D eigenvalue weighted by atomic mass is 16.2. The van der Waals surface area contributed by atoms with Gasteiger partial charge in [0.05, 0.1) is 5.39 Å². The van der Waals surface area contributed by atoms with Crippen LogP contribution in [0.1, 0.15) is 0 Å². The lowest BCUT2D eigenvalue weighted by Crippen LogP contribution is -2.37. The zero-order valence-corrected chi connectivity index (χ0v) is 8.76. The summed E-state index contributed by atoms with van der Waals surface area (Å²) in [5.41, 5.74) is 1.65. The van der Waals surface area contributed by atoms with Crippen molar-refractivity contribution in [1.29, 1.82) is 0 Å². The number of nitrogens with one attached hydrogen (secondary N) is 1. The lowest BCUT2D eigenvalue weighted by molar-refractivity contribution is 0.703. The molecule has 16 heavy (non-hydrogen) atoms. The molecule has 0 atom stereocenters. The molecule has 0 bridgehead atoms. The highest BCUT2D eigenvalue weighted by molar-refractivity contribution is 5.75. The summed E-state index contributed by atoms with van der Waals surface area (Å²) < 4.78 is 2.26. The van der Waals surface area contributed by atoms with Crippen LogP contribution in [0.5, 0.6) is 0 Å². The maximum Gasteiger partial charge on any atom is 0.332 e. The van der Waals surface area contributed by atoms with Crippen molar-refractivity contribution in [3.8, 4) is 0 Å². The minimum Gasteiger partial charge on any atom is -0.307 e. The van der Waals surface area contributed by atoms with Crippen molar-refractivity contribution in [2.45, 2.75) is 0 Å². The minimum atomic E-state index is -0.444. The molecule has 0 saturated heterocycles. The van der Waals surface area contributed by atoms with Crippen molar-refractivity contribution in [3.63, 3.8) is 0 Å². The van der Waals surface area contributed by atoms with Gasteiger partial charge in [0.15, 0.2) is 11.5 Å². The summed E-state index contributed by atoms with van der Waals surface area (Å²) in [5, 5.41) is 7.76. The van der Waals surface area contributed by atoms with E-state index in [1.54, 1.807) is 0 Å². The van der Waals surface area contributed by atoms with E-state index >= 15 is 0 Å². The van der Waals surface area contributed by atoms with E-state index in [0.717, 1.165) is 4.57 Å². The normalized spacial score (nSPS) is 10.7. The Bertz CT molecular complexity index is 671. The molecule has 0 radical (unpaired) electrons. The van der Waals surface area contributed by atoms with E-state index in [1.807, 2.05) is 0 Å². The largest absolute Gasteiger partial charge is 0.332 e. The molecule has 0 aliphatic rings. The molecule has 2 rings (SSSR count). The van der Waals surface area contributed by atoms with Crippen molar-refractivity contribution in [2.24, 2.45) is 19.9 Å². The molecule has 0 aliphatic carbocycles. The SMILES string of the molecule is Cn1c(=O)c2cc(NN)nnc2n(C)c1=O. The standard InChI is InChI=1S/C8H10N6O2/c1-13-6-4(3-5(10-9)11-12-6)7(15)14(2)8(13)16/h3H,9H2,1-2H3,(H,10,11). The third-order valence-electron chi connectivity index (χ3n) is 2.35. The zero-order chi connectivity index (χ0) is 11.9. The minimum absolute atomic E-state index is 0.229. The maximum absolute atomic E-state index is 11.8. The molecule has 2 aromatic rings. The molecule has 0 aromatic carbocycles. The van der Waals surface area contributed by atoms with Gasteiger partial charge in [-0.1, -0.05) is 0 Å². The number of nitrogen functional groups attached to an aromatic ring is 1. The predicted molar refractivity (Wildman–Crippen MR) is 57.8 cm³/mol. The van der Waals surface area contributed by atoms with Crippen LogP contribution >= 0.6 is 0 Å². The second-order valence-corrected chi connectivity index (χ2v) is 3.32. The Labute approximate surface area is 89.3 Å². The van der Waals surface area contributed by atoms with Gasteiger partial charge in [-0.3, -0.25) is 13.9 Å². The Morgan fingerprint density at radius 1 is 1.25 bits per heavy atom. The lowest BCUT2D eigenvalue weighted by atomic mass is 10.3. The van der Waals surface area contributed by atoms with Crippen LogP contribution in [-0.2, 0) is 14.1 Å². The summed E-state index contributed by atoms with van der Waals surface area (Å²) in [6, 6.07) is 1.45. The van der Waals surface area contributed by atoms with E-state index in [-0.39, 0.29) is 16.9 Å². The number of hydrogen-bond donors (Lipinski definition) is 2. The second kappa shape index (κ2) is 3.42. The molecule has 3 N–H and O–H groups in total. The second-order valence-electron chi connectivity index (χ2n) is 3.32. The molecule has 0 spiro atoms. The summed E-state index contributed by atoms with van der Waals surface area (Å²) >= 11 is 0. The fraction of sp³-hybridized carbons (Fsp3) is 0.250. The molecule has 2 aromatic heterocycles. The molecular formula is C8H10N6O2. The summed E-state index contributed by atoms with van der Waals surface area (Å²) in [5.74, 6) is 5.43. The maximum atomic E-state index is 11.8. The van der Waals surface area contributed by atoms with Crippen molar-refractivity contribution in [2.75, 3.05) is 5.43 Å². The highest BCUT2D eigenvalue weighted by Crippen LogP contribution is 2.06. The number of aryl methyl sites for hydroxylation is 1. The summed E-state index contributed by atoms with van der Waals surface area (Å²) in [4.78, 5) is 23.4. The fourth-order valence-corrected chi connectivity index (χ4v) is 1.44. The van der Waals surface area contributed by atoms with Gasteiger partial charge in [-0.25, -0.2) is 10.6 Å². The van der Waals surface area contributed by atoms with Crippen LogP contribution in [0.2, 0.25) is 0 Å². The van der Waals surface area contributed by atoms with Crippen LogP contribution in [0.3, 0.4) is 0 Å². The van der Waals surface area contributed by atoms with Crippen LogP contribution in [0.15, 0.2) is 15.7 Å². The van der Waals surface area contributed by atoms with Gasteiger partial charge in [0, 0.05) is 20.2 Å². The van der Waals surface area contributed by atoms with E-state index in [0.29, 0.717) is 0 Å². The number of rotatable bonds is 1. The summed E-state index contributed by atoms with van der Waals surface area (Å²) in [6.45, 7) is 0. The number of nitrogens with zero attached hydrogens (tertiary/aromatic N) is 4. The van der Waals surface area contributed by atoms with Crippen molar-refractivity contribution >= 4 is 16.9 Å². The number of fused-ring (bicyclic) bond motifs is 1. The van der Waals surface area contributed by atoms with E-state index in [2.05, 4.69) is 15.6 Å². The molecular weight excluding hydrogens is 212 g/mol. The Balaban J connectivity index is 3.03. The van der Waals surface area contributed by atoms with Gasteiger partial charge in [-0.2, -0.15) is 0 Å². The number of aromatic nitrogens is 4. The molecule has 8 nitrogen and oxygen atoms in total. The van der Waals surface area contributed by atoms with Crippen molar-refractivity contribution < 1.29 is 0 Å². The molecule has 0 saturated carbocycles. The van der Waals surface area contributed by atoms with E-state index in [9.17, 15) is 9.59 Å². The molecule has 0 fully saturated rings. The first-order chi connectivity index (χ1) is 7.56. The molecule has 8 heteroatoms. The number of hydrogen-bond acceptors (Lipinski definition) is 6. The van der Waals surface area contributed by atoms with Gasteiger partial charge in [0.1, 0.15) is 0 Å². The van der Waals surface area contributed by atoms with Crippen molar-refractivity contribution in [1.82, 2.24) is 19.3 Å². The Hall–Kier alpha value is -2.22. The predicted octanol–water partition coefficient (Wildman–Crippen LogP) is -1.69. The quantitative estimate of drug-likeness (QED) is 0.440. The highest BCUT2D eigenvalue weighted by Gasteiger charge is 2.10. The first-order valence-corrected chi connectivity index (χ1v) is 4.46. The molecule has 0 amide bonds. The van der Waals surface area contributed by atoms with Crippen LogP contribution in [0.4, 0.5) is 5.82 Å². The topological polar surface area (TPSA) is 108 Å². The van der Waals surface area contributed by atoms with Crippen LogP contribution < -0.4 is 22.5 Å². The number of anilines is 1. The van der Waals surface area contributed by atoms with Gasteiger partial charge in [0.2, 0.25) is 0 Å². The first-order valence-electron chi connectivity index (χ1n) is 4.46. The monoisotopic (exact) mass is 222 g/mol. The van der Waals surface area contributed by atoms with Gasteiger partial charge in [-0.05, 0) is 0 Å². The van der Waals surface area contributed by atoms with Gasteiger partial charge >= 0.3 is 5.69 Å². The average Bonchev–Trinajstić information content (AvgIpc) is 2.33. The molecule has 84 valence electrons. The van der Waals surface area contributed by atoms with E-state index < -0.39 is 11.2 Å². The Morgan fingerprint density at radius 2 is 1.94 bits per heavy atom. The third-order valence-corrected chi connectivity index (χ3v) is 2.35. The zero-order valence-electron chi connectivity index (χ0n) is 8.76. The molecule has 0 aliphatic heterocycles. The smallest absolute Gasteiger partial charge is 0.307 e. The number of nitrogens with two attached hydrogens (primary N) is 1. The van der Waals surface area contributed by atoms with Crippen LogP contribution in [-0.4, -0.2) is 19.3 Å². The third kappa shape index (κ3) is 1.27. The Kier molecular flexibility index (Phi) is 2.20. The summed E-state index contributed by atoms with van der Waals surface area (Å²) in [7, 11) is 2.93.